The van der Waals surface area contributed by atoms with Gasteiger partial charge in [0, 0.05) is 0 Å². The van der Waals surface area contributed by atoms with Crippen molar-refractivity contribution in [3.05, 3.63) is 0 Å². The molecule has 14 nitrogen and oxygen atoms in total. The maximum Gasteiger partial charge on any atom is 0.320 e. The Kier molecular flexibility index (Phi) is 11.1. The van der Waals surface area contributed by atoms with Crippen molar-refractivity contribution < 1.29 is 65.0 Å². The quantitative estimate of drug-likeness (QED) is 0.178. The maximum atomic E-state index is 10.0. The molecule has 11 N–H and O–H groups in total. The van der Waals surface area contributed by atoms with Gasteiger partial charge in [-0.05, 0) is 5.92 Å². The number of ether oxygens (including phenoxy) is 3. The monoisotopic (exact) mass is 459 g/mol. The smallest absolute Gasteiger partial charge is 0.320 e. The van der Waals surface area contributed by atoms with Gasteiger partial charge in [-0.3, -0.25) is 4.79 Å². The lowest BCUT2D eigenvalue weighted by Gasteiger charge is -2.45. The lowest BCUT2D eigenvalue weighted by atomic mass is 9.97. The number of carboxylic acid groups (broad SMARTS) is 1. The Morgan fingerprint density at radius 1 is 0.871 bits per heavy atom. The first-order chi connectivity index (χ1) is 14.4. The zero-order valence-electron chi connectivity index (χ0n) is 17.1. The van der Waals surface area contributed by atoms with E-state index in [0.717, 1.165) is 0 Å². The van der Waals surface area contributed by atoms with Crippen LogP contribution < -0.4 is 5.73 Å². The Morgan fingerprint density at radius 2 is 1.42 bits per heavy atom. The Morgan fingerprint density at radius 3 is 1.84 bits per heavy atom. The highest BCUT2D eigenvalue weighted by molar-refractivity contribution is 5.73. The van der Waals surface area contributed by atoms with Crippen molar-refractivity contribution in [2.45, 2.75) is 81.3 Å². The van der Waals surface area contributed by atoms with Crippen LogP contribution in [0.5, 0.6) is 0 Å². The van der Waals surface area contributed by atoms with Gasteiger partial charge < -0.3 is 65.9 Å². The molecule has 184 valence electrons. The van der Waals surface area contributed by atoms with Crippen molar-refractivity contribution in [2.75, 3.05) is 13.2 Å². The van der Waals surface area contributed by atoms with E-state index in [4.69, 9.17) is 30.2 Å². The van der Waals surface area contributed by atoms with Crippen LogP contribution in [0.15, 0.2) is 0 Å². The third kappa shape index (κ3) is 6.98. The van der Waals surface area contributed by atoms with Gasteiger partial charge in [-0.15, -0.1) is 0 Å². The summed E-state index contributed by atoms with van der Waals surface area (Å²) in [6.45, 7) is 2.21. The largest absolute Gasteiger partial charge is 0.480 e. The maximum absolute atomic E-state index is 10.0. The fraction of sp³-hybridized carbons (Fsp3) is 0.941. The molecule has 0 aromatic rings. The van der Waals surface area contributed by atoms with Crippen LogP contribution in [0.25, 0.3) is 0 Å². The van der Waals surface area contributed by atoms with Gasteiger partial charge in [0.1, 0.15) is 54.9 Å². The Hall–Kier alpha value is -1.01. The van der Waals surface area contributed by atoms with E-state index in [1.165, 1.54) is 0 Å². The number of rotatable bonds is 6. The minimum absolute atomic E-state index is 0.0208. The second-order valence-corrected chi connectivity index (χ2v) is 7.63. The molecule has 14 heteroatoms. The van der Waals surface area contributed by atoms with Gasteiger partial charge in [0.25, 0.3) is 0 Å². The van der Waals surface area contributed by atoms with E-state index >= 15 is 0 Å². The van der Waals surface area contributed by atoms with Crippen LogP contribution in [-0.2, 0) is 19.0 Å². The van der Waals surface area contributed by atoms with Gasteiger partial charge in [-0.2, -0.15) is 0 Å². The molecule has 0 bridgehead atoms. The molecular formula is C17H33NO13. The van der Waals surface area contributed by atoms with Crippen molar-refractivity contribution in [3.8, 4) is 0 Å². The summed E-state index contributed by atoms with van der Waals surface area (Å²) in [4.78, 5) is 10.0. The van der Waals surface area contributed by atoms with Crippen LogP contribution in [0.1, 0.15) is 13.8 Å². The average molecular weight is 459 g/mol. The molecule has 2 aliphatic rings. The molecule has 2 heterocycles. The van der Waals surface area contributed by atoms with E-state index in [1.54, 1.807) is 13.8 Å². The third-order valence-corrected chi connectivity index (χ3v) is 4.98. The minimum atomic E-state index is -1.74. The lowest BCUT2D eigenvalue weighted by Crippen LogP contribution is -2.64. The average Bonchev–Trinajstić information content (AvgIpc) is 2.73. The van der Waals surface area contributed by atoms with Gasteiger partial charge in [0.05, 0.1) is 13.2 Å². The van der Waals surface area contributed by atoms with E-state index in [0.29, 0.717) is 0 Å². The molecular weight excluding hydrogens is 426 g/mol. The number of hydrogen-bond acceptors (Lipinski definition) is 13. The highest BCUT2D eigenvalue weighted by atomic mass is 16.7. The SMILES string of the molecule is CC(C)[C@H](N)C(=O)O.OC[C@H]1O[C@@H](O[C@H]2[C@H](O)[C@@H](O)[C@H](O)O[C@@H]2CO)[C@H](O)[C@@H](O)[C@H]1O. The molecule has 0 saturated carbocycles. The summed E-state index contributed by atoms with van der Waals surface area (Å²) in [7, 11) is 0. The van der Waals surface area contributed by atoms with Crippen LogP contribution in [0.4, 0.5) is 0 Å². The molecule has 0 radical (unpaired) electrons. The molecule has 2 rings (SSSR count). The Balaban J connectivity index is 0.000000512. The molecule has 31 heavy (non-hydrogen) atoms. The number of aliphatic carboxylic acids is 1. The second-order valence-electron chi connectivity index (χ2n) is 7.63. The van der Waals surface area contributed by atoms with Gasteiger partial charge >= 0.3 is 5.97 Å². The first-order valence-electron chi connectivity index (χ1n) is 9.62. The van der Waals surface area contributed by atoms with Crippen molar-refractivity contribution in [2.24, 2.45) is 11.7 Å². The first-order valence-corrected chi connectivity index (χ1v) is 9.62. The summed E-state index contributed by atoms with van der Waals surface area (Å²) in [5, 5.41) is 84.7. The van der Waals surface area contributed by atoms with Crippen molar-refractivity contribution in [1.29, 1.82) is 0 Å². The number of nitrogens with two attached hydrogens (primary N) is 1. The molecule has 2 aliphatic heterocycles. The van der Waals surface area contributed by atoms with Crippen molar-refractivity contribution in [1.82, 2.24) is 0 Å². The molecule has 0 aromatic carbocycles. The summed E-state index contributed by atoms with van der Waals surface area (Å²) >= 11 is 0. The molecule has 0 amide bonds. The minimum Gasteiger partial charge on any atom is -0.480 e. The Bertz CT molecular complexity index is 548. The first kappa shape index (κ1) is 28.0. The number of aliphatic hydroxyl groups is 8. The van der Waals surface area contributed by atoms with E-state index in [9.17, 15) is 40.5 Å². The molecule has 2 saturated heterocycles. The van der Waals surface area contributed by atoms with Crippen LogP contribution in [-0.4, -0.2) is 133 Å². The van der Waals surface area contributed by atoms with Crippen molar-refractivity contribution in [3.63, 3.8) is 0 Å². The highest BCUT2D eigenvalue weighted by Crippen LogP contribution is 2.28. The lowest BCUT2D eigenvalue weighted by molar-refractivity contribution is -0.355. The van der Waals surface area contributed by atoms with Crippen LogP contribution in [0.3, 0.4) is 0 Å². The topological polar surface area (TPSA) is 253 Å². The number of carboxylic acids is 1. The molecule has 11 atom stereocenters. The summed E-state index contributed by atoms with van der Waals surface area (Å²) in [5.41, 5.74) is 5.16. The molecule has 2 fully saturated rings. The highest BCUT2D eigenvalue weighted by Gasteiger charge is 2.50. The normalized spacial score (nSPS) is 41.9. The van der Waals surface area contributed by atoms with E-state index in [2.05, 4.69) is 0 Å². The molecule has 0 aromatic heterocycles. The fourth-order valence-electron chi connectivity index (χ4n) is 2.85. The summed E-state index contributed by atoms with van der Waals surface area (Å²) < 4.78 is 15.3. The zero-order chi connectivity index (χ0) is 24.0. The second kappa shape index (κ2) is 12.3. The van der Waals surface area contributed by atoms with Gasteiger partial charge in [-0.1, -0.05) is 13.8 Å². The molecule has 0 unspecified atom stereocenters. The van der Waals surface area contributed by atoms with Gasteiger partial charge in [0.2, 0.25) is 0 Å². The number of carbonyl (C=O) groups is 1. The third-order valence-electron chi connectivity index (χ3n) is 4.98. The van der Waals surface area contributed by atoms with Crippen LogP contribution in [0.2, 0.25) is 0 Å². The summed E-state index contributed by atoms with van der Waals surface area (Å²) in [6.07, 6.45) is -15.6. The molecule has 0 spiro atoms. The van der Waals surface area contributed by atoms with E-state index in [-0.39, 0.29) is 5.92 Å². The fourth-order valence-corrected chi connectivity index (χ4v) is 2.85. The predicted octanol–water partition coefficient (Wildman–Crippen LogP) is -5.34. The Labute approximate surface area is 178 Å². The van der Waals surface area contributed by atoms with Gasteiger partial charge in [-0.25, -0.2) is 0 Å². The number of aliphatic hydroxyl groups excluding tert-OH is 8. The van der Waals surface area contributed by atoms with E-state index in [1.807, 2.05) is 0 Å². The summed E-state index contributed by atoms with van der Waals surface area (Å²) in [5.74, 6) is -0.910. The van der Waals surface area contributed by atoms with Gasteiger partial charge in [0.15, 0.2) is 12.6 Å². The predicted molar refractivity (Wildman–Crippen MR) is 99.1 cm³/mol. The number of hydrogen-bond donors (Lipinski definition) is 10. The van der Waals surface area contributed by atoms with Crippen molar-refractivity contribution >= 4 is 5.97 Å². The zero-order valence-corrected chi connectivity index (χ0v) is 17.1. The van der Waals surface area contributed by atoms with E-state index < -0.39 is 86.6 Å². The summed E-state index contributed by atoms with van der Waals surface area (Å²) in [6, 6.07) is -0.713. The van der Waals surface area contributed by atoms with Crippen LogP contribution in [0, 0.1) is 5.92 Å². The van der Waals surface area contributed by atoms with Crippen LogP contribution >= 0.6 is 0 Å². The standard InChI is InChI=1S/C12H22O11.C5H11NO2/c13-1-3-5(15)6(16)9(19)12(22-3)23-10-4(2-14)21-11(20)8(18)7(10)17;1-3(2)4(6)5(7)8/h3-20H,1-2H2;3-4H,6H2,1-2H3,(H,7,8)/t3-,4-,5+,6+,7-,8-,9-,10-,11-,12+;4-/m10/s1. The molecule has 0 aliphatic carbocycles.